The van der Waals surface area contributed by atoms with Crippen LogP contribution in [0.1, 0.15) is 5.56 Å². The molecule has 1 atom stereocenters. The Morgan fingerprint density at radius 2 is 2.00 bits per heavy atom. The molecule has 1 rings (SSSR count). The third-order valence-electron chi connectivity index (χ3n) is 2.46. The molecule has 0 saturated carbocycles. The van der Waals surface area contributed by atoms with Crippen LogP contribution in [0.2, 0.25) is 0 Å². The van der Waals surface area contributed by atoms with Crippen molar-refractivity contribution in [3.05, 3.63) is 35.9 Å². The molecule has 0 bridgehead atoms. The highest BCUT2D eigenvalue weighted by atomic mass is 32.2. The van der Waals surface area contributed by atoms with Crippen LogP contribution in [0.3, 0.4) is 0 Å². The van der Waals surface area contributed by atoms with E-state index in [0.717, 1.165) is 17.3 Å². The van der Waals surface area contributed by atoms with Gasteiger partial charge in [-0.15, -0.1) is 11.8 Å². The van der Waals surface area contributed by atoms with Crippen molar-refractivity contribution in [1.82, 2.24) is 11.1 Å². The zero-order valence-corrected chi connectivity index (χ0v) is 12.0. The zero-order chi connectivity index (χ0) is 15.7. The quantitative estimate of drug-likeness (QED) is 0.294. The number of nitrogens with zero attached hydrogens (tertiary/aromatic N) is 1. The zero-order valence-electron chi connectivity index (χ0n) is 11.2. The van der Waals surface area contributed by atoms with E-state index in [1.165, 1.54) is 0 Å². The van der Waals surface area contributed by atoms with Gasteiger partial charge >= 0.3 is 5.97 Å². The molecule has 1 radical (unpaired) electrons. The second-order valence-electron chi connectivity index (χ2n) is 4.13. The second-order valence-corrected chi connectivity index (χ2v) is 5.22. The number of aliphatic carboxylic acids is 1. The van der Waals surface area contributed by atoms with Crippen LogP contribution < -0.4 is 11.1 Å². The molecular weight excluding hydrogens is 294 g/mol. The first-order valence-electron chi connectivity index (χ1n) is 6.11. The molecular formula is C13H16N3O4S. The molecule has 0 aliphatic carbocycles. The first-order valence-corrected chi connectivity index (χ1v) is 7.09. The van der Waals surface area contributed by atoms with Crippen LogP contribution in [0.15, 0.2) is 35.5 Å². The van der Waals surface area contributed by atoms with Crippen LogP contribution in [-0.4, -0.2) is 45.6 Å². The molecule has 1 aromatic rings. The van der Waals surface area contributed by atoms with Crippen LogP contribution >= 0.6 is 11.8 Å². The molecule has 0 heterocycles. The van der Waals surface area contributed by atoms with E-state index in [9.17, 15) is 9.59 Å². The maximum absolute atomic E-state index is 11.4. The minimum Gasteiger partial charge on any atom is -0.480 e. The Bertz CT molecular complexity index is 507. The van der Waals surface area contributed by atoms with Gasteiger partial charge in [0.25, 0.3) is 0 Å². The number of carbonyl (C=O) groups excluding carboxylic acids is 1. The maximum Gasteiger partial charge on any atom is 0.322 e. The Morgan fingerprint density at radius 3 is 2.57 bits per heavy atom. The summed E-state index contributed by atoms with van der Waals surface area (Å²) in [5.41, 5.74) is 8.56. The highest BCUT2D eigenvalue weighted by molar-refractivity contribution is 8.14. The standard InChI is InChI=1S/C13H16N3O4S/c14-10(13(19)15-7-12(17)18)8-21-11(16-20)6-9-4-2-1-3-5-9/h1-5,10,14,20H,6-8H2,(H,15,19)(H,17,18)/b16-11-. The number of nitrogens with one attached hydrogen (secondary N) is 2. The monoisotopic (exact) mass is 310 g/mol. The van der Waals surface area contributed by atoms with E-state index in [1.54, 1.807) is 0 Å². The van der Waals surface area contributed by atoms with Crippen LogP contribution in [0.25, 0.3) is 0 Å². The summed E-state index contributed by atoms with van der Waals surface area (Å²) in [5.74, 6) is -1.75. The third kappa shape index (κ3) is 6.77. The van der Waals surface area contributed by atoms with Crippen molar-refractivity contribution in [2.75, 3.05) is 12.3 Å². The van der Waals surface area contributed by atoms with Gasteiger partial charge in [0.2, 0.25) is 5.91 Å². The molecule has 113 valence electrons. The average molecular weight is 310 g/mol. The van der Waals surface area contributed by atoms with E-state index in [1.807, 2.05) is 30.3 Å². The average Bonchev–Trinajstić information content (AvgIpc) is 2.49. The number of thioether (sulfide) groups is 1. The van der Waals surface area contributed by atoms with Gasteiger partial charge in [-0.1, -0.05) is 35.5 Å². The summed E-state index contributed by atoms with van der Waals surface area (Å²) in [6, 6.07) is 8.23. The van der Waals surface area contributed by atoms with E-state index in [4.69, 9.17) is 16.0 Å². The van der Waals surface area contributed by atoms with Crippen LogP contribution in [0.5, 0.6) is 0 Å². The van der Waals surface area contributed by atoms with Gasteiger partial charge in [-0.3, -0.25) is 9.59 Å². The number of carboxylic acid groups (broad SMARTS) is 1. The lowest BCUT2D eigenvalue weighted by molar-refractivity contribution is -0.138. The summed E-state index contributed by atoms with van der Waals surface area (Å²) in [5, 5.41) is 23.1. The minimum atomic E-state index is -1.16. The Balaban J connectivity index is 2.41. The number of carboxylic acids is 1. The van der Waals surface area contributed by atoms with Gasteiger partial charge in [-0.2, -0.15) is 0 Å². The second kappa shape index (κ2) is 8.98. The van der Waals surface area contributed by atoms with Crippen LogP contribution in [0.4, 0.5) is 0 Å². The number of rotatable bonds is 7. The topological polar surface area (TPSA) is 123 Å². The van der Waals surface area contributed by atoms with Gasteiger partial charge < -0.3 is 15.6 Å². The van der Waals surface area contributed by atoms with E-state index in [2.05, 4.69) is 10.5 Å². The molecule has 1 amide bonds. The van der Waals surface area contributed by atoms with Crippen molar-refractivity contribution < 1.29 is 19.9 Å². The molecule has 0 spiro atoms. The highest BCUT2D eigenvalue weighted by Gasteiger charge is 2.16. The Kier molecular flexibility index (Phi) is 7.27. The fourth-order valence-corrected chi connectivity index (χ4v) is 2.26. The summed E-state index contributed by atoms with van der Waals surface area (Å²) >= 11 is 1.09. The lowest BCUT2D eigenvalue weighted by Gasteiger charge is -2.10. The molecule has 8 heteroatoms. The van der Waals surface area contributed by atoms with Crippen LogP contribution in [0, 0.1) is 0 Å². The minimum absolute atomic E-state index is 0.0810. The number of benzene rings is 1. The largest absolute Gasteiger partial charge is 0.480 e. The van der Waals surface area contributed by atoms with Crippen molar-refractivity contribution in [1.29, 1.82) is 0 Å². The van der Waals surface area contributed by atoms with E-state index in [-0.39, 0.29) is 5.75 Å². The van der Waals surface area contributed by atoms with E-state index in [0.29, 0.717) is 11.5 Å². The summed E-state index contributed by atoms with van der Waals surface area (Å²) in [6.07, 6.45) is 0.408. The van der Waals surface area contributed by atoms with Gasteiger partial charge in [-0.25, -0.2) is 5.73 Å². The molecule has 0 saturated heterocycles. The lowest BCUT2D eigenvalue weighted by Crippen LogP contribution is -2.39. The lowest BCUT2D eigenvalue weighted by atomic mass is 10.2. The normalized spacial score (nSPS) is 12.7. The molecule has 0 aliphatic rings. The predicted octanol–water partition coefficient (Wildman–Crippen LogP) is 0.602. The Labute approximate surface area is 126 Å². The molecule has 4 N–H and O–H groups in total. The van der Waals surface area contributed by atoms with Crippen molar-refractivity contribution >= 4 is 28.7 Å². The number of carbonyl (C=O) groups is 2. The van der Waals surface area contributed by atoms with Crippen molar-refractivity contribution in [2.45, 2.75) is 12.5 Å². The first kappa shape index (κ1) is 17.0. The summed E-state index contributed by atoms with van der Waals surface area (Å²) in [7, 11) is 0. The van der Waals surface area contributed by atoms with Crippen molar-refractivity contribution in [2.24, 2.45) is 5.16 Å². The Hall–Kier alpha value is -2.06. The molecule has 1 aromatic carbocycles. The molecule has 21 heavy (non-hydrogen) atoms. The molecule has 0 fully saturated rings. The van der Waals surface area contributed by atoms with Gasteiger partial charge in [-0.05, 0) is 5.56 Å². The van der Waals surface area contributed by atoms with Crippen molar-refractivity contribution in [3.8, 4) is 0 Å². The van der Waals surface area contributed by atoms with E-state index >= 15 is 0 Å². The first-order chi connectivity index (χ1) is 10.0. The van der Waals surface area contributed by atoms with Gasteiger partial charge in [0.15, 0.2) is 0 Å². The van der Waals surface area contributed by atoms with Gasteiger partial charge in [0, 0.05) is 12.2 Å². The number of amides is 1. The molecule has 0 aliphatic heterocycles. The van der Waals surface area contributed by atoms with Gasteiger partial charge in [0.1, 0.15) is 17.6 Å². The highest BCUT2D eigenvalue weighted by Crippen LogP contribution is 2.12. The smallest absolute Gasteiger partial charge is 0.322 e. The molecule has 1 unspecified atom stereocenters. The van der Waals surface area contributed by atoms with Crippen molar-refractivity contribution in [3.63, 3.8) is 0 Å². The fraction of sp³-hybridized carbons (Fsp3) is 0.308. The number of hydrogen-bond acceptors (Lipinski definition) is 5. The SMILES string of the molecule is [NH]C(CS/C(Cc1ccccc1)=N\O)C(=O)NCC(=O)O. The molecule has 0 aromatic heterocycles. The Morgan fingerprint density at radius 1 is 1.33 bits per heavy atom. The molecule has 7 nitrogen and oxygen atoms in total. The summed E-state index contributed by atoms with van der Waals surface area (Å²) in [4.78, 5) is 21.7. The van der Waals surface area contributed by atoms with Crippen LogP contribution in [-0.2, 0) is 16.0 Å². The number of hydrogen-bond donors (Lipinski definition) is 3. The number of oxime groups is 1. The van der Waals surface area contributed by atoms with Gasteiger partial charge in [0.05, 0.1) is 0 Å². The predicted molar refractivity (Wildman–Crippen MR) is 79.4 cm³/mol. The summed E-state index contributed by atoms with van der Waals surface area (Å²) < 4.78 is 0. The maximum atomic E-state index is 11.4. The van der Waals surface area contributed by atoms with E-state index < -0.39 is 24.5 Å². The summed E-state index contributed by atoms with van der Waals surface area (Å²) in [6.45, 7) is -0.510. The fourth-order valence-electron chi connectivity index (χ4n) is 1.43. The third-order valence-corrected chi connectivity index (χ3v) is 3.52.